The van der Waals surface area contributed by atoms with Crippen LogP contribution in [-0.4, -0.2) is 58.7 Å². The Kier molecular flexibility index (Phi) is 7.77. The van der Waals surface area contributed by atoms with Crippen LogP contribution in [0.5, 0.6) is 0 Å². The van der Waals surface area contributed by atoms with Gasteiger partial charge in [-0.2, -0.15) is 4.41 Å². The molecule has 0 spiro atoms. The van der Waals surface area contributed by atoms with Gasteiger partial charge in [0.2, 0.25) is 0 Å². The van der Waals surface area contributed by atoms with Crippen LogP contribution in [0, 0.1) is 10.8 Å². The number of carbonyl (C=O) groups is 2. The van der Waals surface area contributed by atoms with Crippen LogP contribution in [0.1, 0.15) is 55.4 Å². The summed E-state index contributed by atoms with van der Waals surface area (Å²) in [6.45, 7) is 18.7. The van der Waals surface area contributed by atoms with Crippen LogP contribution in [0.25, 0.3) is 0 Å². The van der Waals surface area contributed by atoms with Crippen molar-refractivity contribution in [1.29, 1.82) is 0 Å². The molecular formula is C18H36N4O2S. The Balaban J connectivity index is 2.61. The lowest BCUT2D eigenvalue weighted by Gasteiger charge is -2.46. The Hall–Kier alpha value is -0.790. The second-order valence-corrected chi connectivity index (χ2v) is 10.2. The van der Waals surface area contributed by atoms with Gasteiger partial charge in [0.1, 0.15) is 6.29 Å². The zero-order valence-electron chi connectivity index (χ0n) is 17.0. The summed E-state index contributed by atoms with van der Waals surface area (Å²) >= 11 is 1.75. The third-order valence-corrected chi connectivity index (χ3v) is 5.67. The van der Waals surface area contributed by atoms with Gasteiger partial charge >= 0.3 is 6.03 Å². The molecule has 0 aromatic carbocycles. The summed E-state index contributed by atoms with van der Waals surface area (Å²) in [6.07, 6.45) is 0.807. The van der Waals surface area contributed by atoms with Gasteiger partial charge in [-0.05, 0) is 24.7 Å². The van der Waals surface area contributed by atoms with Crippen LogP contribution in [0.2, 0.25) is 0 Å². The van der Waals surface area contributed by atoms with Crippen LogP contribution >= 0.6 is 11.9 Å². The Bertz CT molecular complexity index is 457. The van der Waals surface area contributed by atoms with E-state index in [1.807, 2.05) is 20.8 Å². The van der Waals surface area contributed by atoms with E-state index in [1.54, 1.807) is 11.9 Å². The summed E-state index contributed by atoms with van der Waals surface area (Å²) in [7, 11) is 0. The van der Waals surface area contributed by atoms with Gasteiger partial charge in [0.05, 0.1) is 6.04 Å². The Labute approximate surface area is 157 Å². The number of aldehydes is 1. The second-order valence-electron chi connectivity index (χ2n) is 9.14. The van der Waals surface area contributed by atoms with E-state index >= 15 is 0 Å². The van der Waals surface area contributed by atoms with E-state index < -0.39 is 6.04 Å². The third-order valence-electron chi connectivity index (χ3n) is 4.50. The van der Waals surface area contributed by atoms with Gasteiger partial charge in [-0.15, -0.1) is 0 Å². The molecule has 1 aliphatic heterocycles. The molecule has 1 rings (SSSR count). The Morgan fingerprint density at radius 1 is 1.08 bits per heavy atom. The number of urea groups is 1. The summed E-state index contributed by atoms with van der Waals surface area (Å²) in [5, 5.41) is 8.19. The largest absolute Gasteiger partial charge is 0.334 e. The van der Waals surface area contributed by atoms with Crippen molar-refractivity contribution in [2.45, 2.75) is 73.5 Å². The van der Waals surface area contributed by atoms with E-state index in [2.05, 4.69) is 54.7 Å². The minimum atomic E-state index is -0.507. The van der Waals surface area contributed by atoms with Crippen LogP contribution in [0.15, 0.2) is 0 Å². The maximum atomic E-state index is 12.4. The fourth-order valence-corrected chi connectivity index (χ4v) is 3.95. The van der Waals surface area contributed by atoms with E-state index in [9.17, 15) is 9.59 Å². The van der Waals surface area contributed by atoms with Gasteiger partial charge in [0, 0.05) is 30.9 Å². The Morgan fingerprint density at radius 2 is 1.68 bits per heavy atom. The summed E-state index contributed by atoms with van der Waals surface area (Å²) in [5.74, 6) is 0.793. The predicted octanol–water partition coefficient (Wildman–Crippen LogP) is 2.90. The standard InChI is InChI=1S/C18H36N4O2S/c1-13(2)21-9-10-22(21)25-12-15(18(6,7)8)20-16(24)19-14(11-23)17(3,4)5/h11,13-15H,9-10,12H2,1-8H3,(H2,19,20,24). The maximum absolute atomic E-state index is 12.4. The van der Waals surface area contributed by atoms with Crippen molar-refractivity contribution in [3.8, 4) is 0 Å². The van der Waals surface area contributed by atoms with E-state index in [1.165, 1.54) is 0 Å². The van der Waals surface area contributed by atoms with Gasteiger partial charge in [0.15, 0.2) is 0 Å². The number of carbonyl (C=O) groups excluding carboxylic acids is 2. The molecule has 146 valence electrons. The molecule has 0 aromatic rings. The quantitative estimate of drug-likeness (QED) is 0.531. The fraction of sp³-hybridized carbons (Fsp3) is 0.889. The molecule has 0 saturated carbocycles. The van der Waals surface area contributed by atoms with Crippen molar-refractivity contribution < 1.29 is 9.59 Å². The third kappa shape index (κ3) is 6.79. The molecule has 0 radical (unpaired) electrons. The molecule has 1 saturated heterocycles. The SMILES string of the molecule is CC(C)N1CCN1SCC(NC(=O)NC(C=O)C(C)(C)C)C(C)(C)C. The van der Waals surface area contributed by atoms with E-state index in [-0.39, 0.29) is 22.9 Å². The van der Waals surface area contributed by atoms with Crippen molar-refractivity contribution >= 4 is 24.3 Å². The van der Waals surface area contributed by atoms with Crippen LogP contribution < -0.4 is 10.6 Å². The number of rotatable bonds is 7. The lowest BCUT2D eigenvalue weighted by molar-refractivity contribution is -0.111. The molecule has 1 heterocycles. The maximum Gasteiger partial charge on any atom is 0.315 e. The van der Waals surface area contributed by atoms with E-state index in [4.69, 9.17) is 0 Å². The first-order valence-corrected chi connectivity index (χ1v) is 10.00. The monoisotopic (exact) mass is 372 g/mol. The van der Waals surface area contributed by atoms with Crippen molar-refractivity contribution in [2.24, 2.45) is 10.8 Å². The number of amides is 2. The molecule has 25 heavy (non-hydrogen) atoms. The Morgan fingerprint density at radius 3 is 2.04 bits per heavy atom. The van der Waals surface area contributed by atoms with Crippen molar-refractivity contribution in [3.63, 3.8) is 0 Å². The molecule has 1 aliphatic rings. The van der Waals surface area contributed by atoms with Gasteiger partial charge in [0.25, 0.3) is 0 Å². The normalized spacial score (nSPS) is 19.2. The van der Waals surface area contributed by atoms with Crippen molar-refractivity contribution in [1.82, 2.24) is 20.1 Å². The summed E-state index contributed by atoms with van der Waals surface area (Å²) in [4.78, 5) is 23.7. The van der Waals surface area contributed by atoms with Crippen LogP contribution in [0.4, 0.5) is 4.79 Å². The highest BCUT2D eigenvalue weighted by atomic mass is 32.2. The van der Waals surface area contributed by atoms with Crippen LogP contribution in [-0.2, 0) is 4.79 Å². The summed E-state index contributed by atoms with van der Waals surface area (Å²) in [6, 6.07) is -0.297. The van der Waals surface area contributed by atoms with Crippen molar-refractivity contribution in [3.05, 3.63) is 0 Å². The molecule has 2 unspecified atom stereocenters. The minimum Gasteiger partial charge on any atom is -0.334 e. The fourth-order valence-electron chi connectivity index (χ4n) is 2.42. The molecule has 0 bridgehead atoms. The number of nitrogens with zero attached hydrogens (tertiary/aromatic N) is 2. The van der Waals surface area contributed by atoms with Gasteiger partial charge < -0.3 is 15.4 Å². The molecule has 7 heteroatoms. The minimum absolute atomic E-state index is 0.000572. The van der Waals surface area contributed by atoms with Crippen molar-refractivity contribution in [2.75, 3.05) is 18.8 Å². The van der Waals surface area contributed by atoms with Gasteiger partial charge in [-0.1, -0.05) is 53.5 Å². The van der Waals surface area contributed by atoms with Gasteiger partial charge in [-0.3, -0.25) is 0 Å². The predicted molar refractivity (Wildman–Crippen MR) is 105 cm³/mol. The van der Waals surface area contributed by atoms with E-state index in [0.717, 1.165) is 25.1 Å². The highest BCUT2D eigenvalue weighted by Gasteiger charge is 2.33. The van der Waals surface area contributed by atoms with E-state index in [0.29, 0.717) is 6.04 Å². The topological polar surface area (TPSA) is 64.7 Å². The molecule has 0 aromatic heterocycles. The highest BCUT2D eigenvalue weighted by Crippen LogP contribution is 2.28. The zero-order valence-corrected chi connectivity index (χ0v) is 17.9. The summed E-state index contributed by atoms with van der Waals surface area (Å²) in [5.41, 5.74) is -0.378. The number of nitrogens with one attached hydrogen (secondary N) is 2. The first-order chi connectivity index (χ1) is 11.4. The highest BCUT2D eigenvalue weighted by molar-refractivity contribution is 7.97. The second kappa shape index (κ2) is 8.73. The summed E-state index contributed by atoms with van der Waals surface area (Å²) < 4.78 is 2.27. The number of hydrogen-bond donors (Lipinski definition) is 2. The molecule has 1 fully saturated rings. The average molecular weight is 373 g/mol. The molecule has 0 aliphatic carbocycles. The lowest BCUT2D eigenvalue weighted by atomic mass is 9.87. The van der Waals surface area contributed by atoms with Gasteiger partial charge in [-0.25, -0.2) is 9.80 Å². The first-order valence-electron chi connectivity index (χ1n) is 9.05. The lowest BCUT2D eigenvalue weighted by Crippen LogP contribution is -2.58. The first kappa shape index (κ1) is 22.3. The molecule has 2 amide bonds. The van der Waals surface area contributed by atoms with Crippen LogP contribution in [0.3, 0.4) is 0 Å². The molecule has 2 N–H and O–H groups in total. The molecule has 2 atom stereocenters. The molecule has 6 nitrogen and oxygen atoms in total. The average Bonchev–Trinajstić information content (AvgIpc) is 2.39. The zero-order chi connectivity index (χ0) is 19.4. The molecular weight excluding hydrogens is 336 g/mol. The number of hydrogen-bond acceptors (Lipinski definition) is 5. The number of hydrazine groups is 1. The smallest absolute Gasteiger partial charge is 0.315 e.